The predicted octanol–water partition coefficient (Wildman–Crippen LogP) is 2.95. The molecule has 2 bridgehead atoms. The molecule has 7 nitrogen and oxygen atoms in total. The molecule has 4 rings (SSSR count). The van der Waals surface area contributed by atoms with Crippen molar-refractivity contribution < 1.29 is 9.59 Å². The van der Waals surface area contributed by atoms with Crippen LogP contribution in [-0.4, -0.2) is 40.5 Å². The molecule has 1 saturated heterocycles. The summed E-state index contributed by atoms with van der Waals surface area (Å²) >= 11 is 0. The van der Waals surface area contributed by atoms with E-state index in [1.54, 1.807) is 17.0 Å². The Morgan fingerprint density at radius 1 is 1.06 bits per heavy atom. The first-order valence-corrected chi connectivity index (χ1v) is 10.9. The van der Waals surface area contributed by atoms with E-state index < -0.39 is 6.04 Å². The average molecular weight is 423 g/mol. The molecule has 3 atom stereocenters. The SMILES string of the molecule is Cc1cccc(NC(=O)[C@@H](NC(=O)N2C[C@@H]3C[C@@H](C2)c2cccc(=O)n2C3)C(C)C)c1. The van der Waals surface area contributed by atoms with Crippen LogP contribution in [0.1, 0.15) is 37.4 Å². The number of carbonyl (C=O) groups excluding carboxylic acids is 2. The first-order chi connectivity index (χ1) is 14.8. The Morgan fingerprint density at radius 3 is 2.58 bits per heavy atom. The molecule has 0 unspecified atom stereocenters. The number of aryl methyl sites for hydroxylation is 1. The second kappa shape index (κ2) is 8.57. The van der Waals surface area contributed by atoms with Gasteiger partial charge in [0.25, 0.3) is 5.56 Å². The van der Waals surface area contributed by atoms with Crippen LogP contribution < -0.4 is 16.2 Å². The van der Waals surface area contributed by atoms with Gasteiger partial charge in [-0.15, -0.1) is 0 Å². The van der Waals surface area contributed by atoms with Crippen LogP contribution in [0.4, 0.5) is 10.5 Å². The lowest BCUT2D eigenvalue weighted by atomic mass is 9.83. The first kappa shape index (κ1) is 21.2. The Kier molecular flexibility index (Phi) is 5.85. The number of carbonyl (C=O) groups is 2. The number of nitrogens with zero attached hydrogens (tertiary/aromatic N) is 2. The summed E-state index contributed by atoms with van der Waals surface area (Å²) in [6.45, 7) is 7.60. The molecule has 3 heterocycles. The zero-order chi connectivity index (χ0) is 22.1. The molecule has 2 aromatic rings. The highest BCUT2D eigenvalue weighted by atomic mass is 16.2. The number of hydrogen-bond donors (Lipinski definition) is 2. The molecule has 2 aliphatic rings. The molecule has 7 heteroatoms. The smallest absolute Gasteiger partial charge is 0.318 e. The number of fused-ring (bicyclic) bond motifs is 4. The van der Waals surface area contributed by atoms with Gasteiger partial charge in [0.1, 0.15) is 6.04 Å². The molecule has 1 aromatic heterocycles. The average Bonchev–Trinajstić information content (AvgIpc) is 2.72. The number of urea groups is 1. The number of rotatable bonds is 4. The van der Waals surface area contributed by atoms with Crippen molar-refractivity contribution >= 4 is 17.6 Å². The number of benzene rings is 1. The number of aromatic nitrogens is 1. The normalized spacial score (nSPS) is 20.7. The minimum Gasteiger partial charge on any atom is -0.326 e. The van der Waals surface area contributed by atoms with Crippen LogP contribution in [0, 0.1) is 18.8 Å². The molecule has 2 N–H and O–H groups in total. The lowest BCUT2D eigenvalue weighted by molar-refractivity contribution is -0.118. The molecule has 1 fully saturated rings. The third-order valence-electron chi connectivity index (χ3n) is 6.28. The van der Waals surface area contributed by atoms with Gasteiger partial charge in [-0.05, 0) is 48.9 Å². The molecule has 164 valence electrons. The van der Waals surface area contributed by atoms with Gasteiger partial charge in [0.05, 0.1) is 0 Å². The number of amides is 3. The maximum absolute atomic E-state index is 13.1. The summed E-state index contributed by atoms with van der Waals surface area (Å²) in [5, 5.41) is 5.87. The number of anilines is 1. The van der Waals surface area contributed by atoms with E-state index in [4.69, 9.17) is 0 Å². The Labute approximate surface area is 182 Å². The number of piperidine rings is 1. The fourth-order valence-corrected chi connectivity index (χ4v) is 4.76. The maximum Gasteiger partial charge on any atom is 0.318 e. The Balaban J connectivity index is 1.45. The summed E-state index contributed by atoms with van der Waals surface area (Å²) in [7, 11) is 0. The number of nitrogens with one attached hydrogen (secondary N) is 2. The molecular weight excluding hydrogens is 392 g/mol. The van der Waals surface area contributed by atoms with Crippen molar-refractivity contribution in [2.45, 2.75) is 45.7 Å². The molecule has 31 heavy (non-hydrogen) atoms. The standard InChI is InChI=1S/C24H30N4O3/c1-15(2)22(23(30)25-19-7-4-6-16(3)10-19)26-24(31)27-12-17-11-18(14-27)20-8-5-9-21(29)28(20)13-17/h4-10,15,17-18,22H,11-14H2,1-3H3,(H,25,30)(H,26,31)/t17-,18-,22-/m0/s1. The Hall–Kier alpha value is -3.09. The Morgan fingerprint density at radius 2 is 1.84 bits per heavy atom. The van der Waals surface area contributed by atoms with Crippen LogP contribution in [0.15, 0.2) is 47.3 Å². The molecule has 0 saturated carbocycles. The molecule has 0 radical (unpaired) electrons. The van der Waals surface area contributed by atoms with Gasteiger partial charge in [0, 0.05) is 43.0 Å². The third-order valence-corrected chi connectivity index (χ3v) is 6.28. The van der Waals surface area contributed by atoms with Crippen LogP contribution in [0.2, 0.25) is 0 Å². The van der Waals surface area contributed by atoms with Crippen LogP contribution in [0.25, 0.3) is 0 Å². The van der Waals surface area contributed by atoms with E-state index in [9.17, 15) is 14.4 Å². The van der Waals surface area contributed by atoms with E-state index in [0.717, 1.165) is 23.4 Å². The summed E-state index contributed by atoms with van der Waals surface area (Å²) in [5.74, 6) is 0.113. The highest BCUT2D eigenvalue weighted by Crippen LogP contribution is 2.34. The topological polar surface area (TPSA) is 83.4 Å². The van der Waals surface area contributed by atoms with E-state index in [1.807, 2.05) is 55.7 Å². The monoisotopic (exact) mass is 422 g/mol. The number of pyridine rings is 1. The first-order valence-electron chi connectivity index (χ1n) is 10.9. The van der Waals surface area contributed by atoms with Gasteiger partial charge in [0.2, 0.25) is 5.91 Å². The number of likely N-dealkylation sites (tertiary alicyclic amines) is 1. The lowest BCUT2D eigenvalue weighted by Crippen LogP contribution is -2.56. The van der Waals surface area contributed by atoms with E-state index in [0.29, 0.717) is 19.6 Å². The number of hydrogen-bond acceptors (Lipinski definition) is 3. The summed E-state index contributed by atoms with van der Waals surface area (Å²) in [6.07, 6.45) is 0.981. The van der Waals surface area contributed by atoms with Crippen molar-refractivity contribution in [3.05, 3.63) is 64.1 Å². The fourth-order valence-electron chi connectivity index (χ4n) is 4.76. The van der Waals surface area contributed by atoms with Gasteiger partial charge in [-0.3, -0.25) is 9.59 Å². The maximum atomic E-state index is 13.1. The molecule has 1 aromatic carbocycles. The van der Waals surface area contributed by atoms with E-state index in [2.05, 4.69) is 10.6 Å². The highest BCUT2D eigenvalue weighted by molar-refractivity contribution is 5.97. The van der Waals surface area contributed by atoms with Crippen LogP contribution in [0.5, 0.6) is 0 Å². The predicted molar refractivity (Wildman–Crippen MR) is 120 cm³/mol. The summed E-state index contributed by atoms with van der Waals surface area (Å²) in [6, 6.07) is 12.1. The Bertz CT molecular complexity index is 1050. The highest BCUT2D eigenvalue weighted by Gasteiger charge is 2.37. The fraction of sp³-hybridized carbons (Fsp3) is 0.458. The van der Waals surface area contributed by atoms with Crippen LogP contribution in [0.3, 0.4) is 0 Å². The third kappa shape index (κ3) is 4.50. The summed E-state index contributed by atoms with van der Waals surface area (Å²) in [5.41, 5.74) is 2.80. The van der Waals surface area contributed by atoms with Gasteiger partial charge < -0.3 is 20.1 Å². The lowest BCUT2D eigenvalue weighted by Gasteiger charge is -2.43. The van der Waals surface area contributed by atoms with Crippen molar-refractivity contribution in [3.63, 3.8) is 0 Å². The van der Waals surface area contributed by atoms with Crippen LogP contribution >= 0.6 is 0 Å². The summed E-state index contributed by atoms with van der Waals surface area (Å²) < 4.78 is 1.85. The van der Waals surface area contributed by atoms with Gasteiger partial charge in [-0.1, -0.05) is 32.0 Å². The second-order valence-electron chi connectivity index (χ2n) is 9.13. The minimum atomic E-state index is -0.635. The minimum absolute atomic E-state index is 0.0257. The molecule has 2 aliphatic heterocycles. The van der Waals surface area contributed by atoms with Crippen molar-refractivity contribution in [2.24, 2.45) is 11.8 Å². The van der Waals surface area contributed by atoms with Crippen LogP contribution in [-0.2, 0) is 11.3 Å². The largest absolute Gasteiger partial charge is 0.326 e. The van der Waals surface area contributed by atoms with Gasteiger partial charge in [-0.25, -0.2) is 4.79 Å². The quantitative estimate of drug-likeness (QED) is 0.795. The van der Waals surface area contributed by atoms with E-state index in [1.165, 1.54) is 0 Å². The van der Waals surface area contributed by atoms with Gasteiger partial charge in [-0.2, -0.15) is 0 Å². The zero-order valence-electron chi connectivity index (χ0n) is 18.3. The molecule has 0 spiro atoms. The van der Waals surface area contributed by atoms with Crippen molar-refractivity contribution in [1.29, 1.82) is 0 Å². The van der Waals surface area contributed by atoms with Gasteiger partial charge in [0.15, 0.2) is 0 Å². The van der Waals surface area contributed by atoms with E-state index >= 15 is 0 Å². The zero-order valence-corrected chi connectivity index (χ0v) is 18.3. The summed E-state index contributed by atoms with van der Waals surface area (Å²) in [4.78, 5) is 40.0. The second-order valence-corrected chi connectivity index (χ2v) is 9.13. The van der Waals surface area contributed by atoms with E-state index in [-0.39, 0.29) is 35.3 Å². The molecular formula is C24H30N4O3. The van der Waals surface area contributed by atoms with Gasteiger partial charge >= 0.3 is 6.03 Å². The molecule has 3 amide bonds. The molecule has 0 aliphatic carbocycles. The van der Waals surface area contributed by atoms with Crippen molar-refractivity contribution in [3.8, 4) is 0 Å². The van der Waals surface area contributed by atoms with Crippen molar-refractivity contribution in [1.82, 2.24) is 14.8 Å². The van der Waals surface area contributed by atoms with Crippen molar-refractivity contribution in [2.75, 3.05) is 18.4 Å².